The largest absolute Gasteiger partial charge is 0.390 e. The molecule has 2 aliphatic rings. The summed E-state index contributed by atoms with van der Waals surface area (Å²) in [7, 11) is 0. The summed E-state index contributed by atoms with van der Waals surface area (Å²) < 4.78 is 1.88. The SMILES string of the molecule is O[C@H]1CNC[C@@H]1Nc1cccc(-c2cnc3ccc(C4CC4)nn23)n1. The van der Waals surface area contributed by atoms with Crippen LogP contribution in [0.4, 0.5) is 5.82 Å². The van der Waals surface area contributed by atoms with Gasteiger partial charge in [0.05, 0.1) is 29.7 Å². The number of aliphatic hydroxyl groups is 1. The summed E-state index contributed by atoms with van der Waals surface area (Å²) in [6, 6.07) is 9.91. The lowest BCUT2D eigenvalue weighted by Crippen LogP contribution is -2.32. The minimum atomic E-state index is -0.399. The molecule has 7 heteroatoms. The molecular formula is C18H20N6O. The molecule has 2 atom stereocenters. The number of fused-ring (bicyclic) bond motifs is 1. The highest BCUT2D eigenvalue weighted by molar-refractivity contribution is 5.61. The molecule has 3 N–H and O–H groups in total. The van der Waals surface area contributed by atoms with Crippen molar-refractivity contribution >= 4 is 11.5 Å². The van der Waals surface area contributed by atoms with Crippen molar-refractivity contribution in [3.8, 4) is 11.4 Å². The highest BCUT2D eigenvalue weighted by Gasteiger charge is 2.26. The van der Waals surface area contributed by atoms with Gasteiger partial charge in [0, 0.05) is 19.0 Å². The molecule has 1 aliphatic heterocycles. The van der Waals surface area contributed by atoms with Crippen LogP contribution >= 0.6 is 0 Å². The molecule has 0 aromatic carbocycles. The standard InChI is InChI=1S/C18H20N6O/c25-16-10-19-8-14(16)22-17-3-1-2-13(21-17)15-9-20-18-7-6-12(11-4-5-11)23-24(15)18/h1-3,6-7,9,11,14,16,19,25H,4-5,8,10H2,(H,21,22)/t14-,16-/m0/s1. The average molecular weight is 336 g/mol. The lowest BCUT2D eigenvalue weighted by molar-refractivity contribution is 0.185. The molecule has 0 unspecified atom stereocenters. The van der Waals surface area contributed by atoms with E-state index in [1.165, 1.54) is 12.8 Å². The van der Waals surface area contributed by atoms with Gasteiger partial charge in [-0.3, -0.25) is 0 Å². The van der Waals surface area contributed by atoms with Gasteiger partial charge in [-0.25, -0.2) is 14.5 Å². The van der Waals surface area contributed by atoms with Crippen LogP contribution in [0.25, 0.3) is 17.0 Å². The van der Waals surface area contributed by atoms with Gasteiger partial charge >= 0.3 is 0 Å². The maximum atomic E-state index is 9.96. The van der Waals surface area contributed by atoms with Crippen molar-refractivity contribution in [3.05, 3.63) is 42.2 Å². The number of imidazole rings is 1. The molecular weight excluding hydrogens is 316 g/mol. The van der Waals surface area contributed by atoms with Gasteiger partial charge in [0.15, 0.2) is 5.65 Å². The number of anilines is 1. The van der Waals surface area contributed by atoms with Crippen LogP contribution in [-0.2, 0) is 0 Å². The smallest absolute Gasteiger partial charge is 0.154 e. The molecule has 128 valence electrons. The van der Waals surface area contributed by atoms with Crippen molar-refractivity contribution in [2.24, 2.45) is 0 Å². The number of nitrogens with one attached hydrogen (secondary N) is 2. The third-order valence-corrected chi connectivity index (χ3v) is 4.91. The monoisotopic (exact) mass is 336 g/mol. The Kier molecular flexibility index (Phi) is 3.43. The number of β-amino-alcohol motifs (C(OH)–C–C–N with tert-alkyl or cyclic N) is 1. The second-order valence-electron chi connectivity index (χ2n) is 6.83. The van der Waals surface area contributed by atoms with Crippen molar-refractivity contribution in [1.29, 1.82) is 0 Å². The first kappa shape index (κ1) is 14.8. The number of hydrogen-bond acceptors (Lipinski definition) is 6. The Labute approximate surface area is 145 Å². The first-order valence-corrected chi connectivity index (χ1v) is 8.75. The van der Waals surface area contributed by atoms with E-state index in [4.69, 9.17) is 10.1 Å². The second kappa shape index (κ2) is 5.79. The molecule has 1 aliphatic carbocycles. The van der Waals surface area contributed by atoms with Crippen LogP contribution in [0, 0.1) is 0 Å². The van der Waals surface area contributed by atoms with Gasteiger partial charge in [-0.2, -0.15) is 5.10 Å². The number of rotatable bonds is 4. The molecule has 25 heavy (non-hydrogen) atoms. The molecule has 3 aromatic heterocycles. The molecule has 7 nitrogen and oxygen atoms in total. The molecule has 4 heterocycles. The highest BCUT2D eigenvalue weighted by Crippen LogP contribution is 2.39. The topological polar surface area (TPSA) is 87.4 Å². The third kappa shape index (κ3) is 2.75. The van der Waals surface area contributed by atoms with E-state index in [1.54, 1.807) is 0 Å². The maximum absolute atomic E-state index is 9.96. The van der Waals surface area contributed by atoms with Gasteiger partial charge in [0.2, 0.25) is 0 Å². The Bertz CT molecular complexity index is 919. The summed E-state index contributed by atoms with van der Waals surface area (Å²) in [6.45, 7) is 1.34. The van der Waals surface area contributed by atoms with E-state index in [0.29, 0.717) is 12.5 Å². The Morgan fingerprint density at radius 1 is 1.16 bits per heavy atom. The predicted molar refractivity (Wildman–Crippen MR) is 94.5 cm³/mol. The Hall–Kier alpha value is -2.51. The van der Waals surface area contributed by atoms with Crippen molar-refractivity contribution in [1.82, 2.24) is 24.9 Å². The molecule has 2 fully saturated rings. The maximum Gasteiger partial charge on any atom is 0.154 e. The van der Waals surface area contributed by atoms with Crippen LogP contribution < -0.4 is 10.6 Å². The molecule has 5 rings (SSSR count). The summed E-state index contributed by atoms with van der Waals surface area (Å²) in [6.07, 6.45) is 3.86. The van der Waals surface area contributed by atoms with Gasteiger partial charge in [-0.15, -0.1) is 0 Å². The predicted octanol–water partition coefficient (Wildman–Crippen LogP) is 1.41. The zero-order valence-corrected chi connectivity index (χ0v) is 13.8. The van der Waals surface area contributed by atoms with Crippen LogP contribution in [0.5, 0.6) is 0 Å². The zero-order valence-electron chi connectivity index (χ0n) is 13.8. The Morgan fingerprint density at radius 2 is 2.08 bits per heavy atom. The summed E-state index contributed by atoms with van der Waals surface area (Å²) in [5, 5.41) is 21.2. The number of pyridine rings is 1. The van der Waals surface area contributed by atoms with Crippen LogP contribution in [0.3, 0.4) is 0 Å². The summed E-state index contributed by atoms with van der Waals surface area (Å²) in [5.41, 5.74) is 3.65. The van der Waals surface area contributed by atoms with E-state index in [-0.39, 0.29) is 6.04 Å². The van der Waals surface area contributed by atoms with Crippen LogP contribution in [-0.4, -0.2) is 49.9 Å². The minimum absolute atomic E-state index is 0.0236. The van der Waals surface area contributed by atoms with E-state index in [9.17, 15) is 5.11 Å². The fourth-order valence-electron chi connectivity index (χ4n) is 3.32. The number of aliphatic hydroxyl groups excluding tert-OH is 1. The van der Waals surface area contributed by atoms with E-state index < -0.39 is 6.10 Å². The molecule has 0 radical (unpaired) electrons. The van der Waals surface area contributed by atoms with Crippen LogP contribution in [0.1, 0.15) is 24.5 Å². The van der Waals surface area contributed by atoms with Crippen molar-refractivity contribution in [2.75, 3.05) is 18.4 Å². The van der Waals surface area contributed by atoms with Gasteiger partial charge in [0.25, 0.3) is 0 Å². The number of aromatic nitrogens is 4. The highest BCUT2D eigenvalue weighted by atomic mass is 16.3. The van der Waals surface area contributed by atoms with E-state index in [2.05, 4.69) is 21.7 Å². The third-order valence-electron chi connectivity index (χ3n) is 4.91. The second-order valence-corrected chi connectivity index (χ2v) is 6.83. The first-order chi connectivity index (χ1) is 12.3. The van der Waals surface area contributed by atoms with Gasteiger partial charge in [0.1, 0.15) is 11.5 Å². The van der Waals surface area contributed by atoms with Crippen molar-refractivity contribution in [2.45, 2.75) is 30.9 Å². The van der Waals surface area contributed by atoms with Crippen LogP contribution in [0.2, 0.25) is 0 Å². The fourth-order valence-corrected chi connectivity index (χ4v) is 3.32. The quantitative estimate of drug-likeness (QED) is 0.668. The molecule has 0 bridgehead atoms. The summed E-state index contributed by atoms with van der Waals surface area (Å²) >= 11 is 0. The first-order valence-electron chi connectivity index (χ1n) is 8.75. The van der Waals surface area contributed by atoms with Gasteiger partial charge in [-0.05, 0) is 37.1 Å². The van der Waals surface area contributed by atoms with E-state index in [0.717, 1.165) is 35.1 Å². The zero-order chi connectivity index (χ0) is 16.8. The number of nitrogens with zero attached hydrogens (tertiary/aromatic N) is 4. The Balaban J connectivity index is 1.49. The van der Waals surface area contributed by atoms with E-state index >= 15 is 0 Å². The number of hydrogen-bond donors (Lipinski definition) is 3. The molecule has 1 saturated heterocycles. The average Bonchev–Trinajstić information content (AvgIpc) is 3.28. The molecule has 0 amide bonds. The lowest BCUT2D eigenvalue weighted by atomic mass is 10.2. The van der Waals surface area contributed by atoms with Gasteiger partial charge < -0.3 is 15.7 Å². The summed E-state index contributed by atoms with van der Waals surface area (Å²) in [4.78, 5) is 9.15. The fraction of sp³-hybridized carbons (Fsp3) is 0.389. The summed E-state index contributed by atoms with van der Waals surface area (Å²) in [5.74, 6) is 1.34. The minimum Gasteiger partial charge on any atom is -0.390 e. The van der Waals surface area contributed by atoms with Gasteiger partial charge in [-0.1, -0.05) is 6.07 Å². The van der Waals surface area contributed by atoms with Crippen molar-refractivity contribution < 1.29 is 5.11 Å². The normalized spacial score (nSPS) is 23.2. The molecule has 3 aromatic rings. The Morgan fingerprint density at radius 3 is 2.88 bits per heavy atom. The molecule has 1 saturated carbocycles. The lowest BCUT2D eigenvalue weighted by Gasteiger charge is -2.16. The molecule has 0 spiro atoms. The van der Waals surface area contributed by atoms with Crippen molar-refractivity contribution in [3.63, 3.8) is 0 Å². The van der Waals surface area contributed by atoms with Crippen LogP contribution in [0.15, 0.2) is 36.5 Å². The van der Waals surface area contributed by atoms with E-state index in [1.807, 2.05) is 35.0 Å².